The zero-order valence-electron chi connectivity index (χ0n) is 17.4. The van der Waals surface area contributed by atoms with Crippen LogP contribution in [0.15, 0.2) is 35.6 Å². The van der Waals surface area contributed by atoms with Gasteiger partial charge >= 0.3 is 0 Å². The zero-order valence-corrected chi connectivity index (χ0v) is 18.2. The summed E-state index contributed by atoms with van der Waals surface area (Å²) in [4.78, 5) is 5.84. The largest absolute Gasteiger partial charge is 0.376 e. The molecule has 160 valence electrons. The quantitative estimate of drug-likeness (QED) is 0.583. The lowest BCUT2D eigenvalue weighted by molar-refractivity contribution is -0.0158. The molecule has 2 saturated heterocycles. The molecule has 0 aliphatic carbocycles. The molecule has 5 rings (SSSR count). The van der Waals surface area contributed by atoms with Crippen LogP contribution in [-0.2, 0) is 16.0 Å². The number of para-hydroxylation sites is 1. The van der Waals surface area contributed by atoms with E-state index in [1.807, 2.05) is 12.3 Å². The highest BCUT2D eigenvalue weighted by Gasteiger charge is 2.23. The van der Waals surface area contributed by atoms with Gasteiger partial charge in [-0.1, -0.05) is 30.0 Å². The van der Waals surface area contributed by atoms with Crippen LogP contribution in [0.25, 0.3) is 22.3 Å². The summed E-state index contributed by atoms with van der Waals surface area (Å²) in [5, 5.41) is 11.3. The topological polar surface area (TPSA) is 68.2 Å². The molecule has 30 heavy (non-hydrogen) atoms. The number of rotatable bonds is 7. The van der Waals surface area contributed by atoms with Crippen LogP contribution in [0.4, 0.5) is 0 Å². The third-order valence-corrected chi connectivity index (χ3v) is 6.87. The van der Waals surface area contributed by atoms with Crippen molar-refractivity contribution in [2.24, 2.45) is 0 Å². The highest BCUT2D eigenvalue weighted by atomic mass is 32.2. The molecule has 2 aromatic heterocycles. The summed E-state index contributed by atoms with van der Waals surface area (Å²) in [7, 11) is 0. The number of aromatic amines is 1. The van der Waals surface area contributed by atoms with Gasteiger partial charge in [0.05, 0.1) is 25.4 Å². The van der Waals surface area contributed by atoms with Gasteiger partial charge in [0.2, 0.25) is 0 Å². The standard InChI is InChI=1S/C22H29N5O2S/c1-16-14-26(8-11-28-16)9-12-30-22-25-24-21(27(22)15-17-5-4-10-29-17)19-13-23-20-7-3-2-6-18(19)20/h2-3,6-7,13,16-17,23H,4-5,8-12,14-15H2,1H3/t16-,17-/m1/s1. The van der Waals surface area contributed by atoms with Gasteiger partial charge in [-0.05, 0) is 25.8 Å². The van der Waals surface area contributed by atoms with Gasteiger partial charge in [0.1, 0.15) is 0 Å². The van der Waals surface area contributed by atoms with Crippen LogP contribution in [0, 0.1) is 0 Å². The van der Waals surface area contributed by atoms with Crippen molar-refractivity contribution in [2.45, 2.75) is 43.7 Å². The van der Waals surface area contributed by atoms with Gasteiger partial charge in [-0.15, -0.1) is 10.2 Å². The average Bonchev–Trinajstić information content (AvgIpc) is 3.49. The van der Waals surface area contributed by atoms with Gasteiger partial charge in [0.15, 0.2) is 11.0 Å². The molecule has 2 atom stereocenters. The fourth-order valence-corrected chi connectivity index (χ4v) is 5.31. The number of hydrogen-bond donors (Lipinski definition) is 1. The number of ether oxygens (including phenoxy) is 2. The number of benzene rings is 1. The molecular formula is C22H29N5O2S. The van der Waals surface area contributed by atoms with E-state index in [1.54, 1.807) is 11.8 Å². The molecular weight excluding hydrogens is 398 g/mol. The van der Waals surface area contributed by atoms with Crippen LogP contribution >= 0.6 is 11.8 Å². The first-order chi connectivity index (χ1) is 14.8. The van der Waals surface area contributed by atoms with Crippen LogP contribution < -0.4 is 0 Å². The van der Waals surface area contributed by atoms with Gasteiger partial charge in [-0.2, -0.15) is 0 Å². The predicted molar refractivity (Wildman–Crippen MR) is 119 cm³/mol. The van der Waals surface area contributed by atoms with E-state index in [9.17, 15) is 0 Å². The molecule has 7 nitrogen and oxygen atoms in total. The number of aromatic nitrogens is 4. The smallest absolute Gasteiger partial charge is 0.191 e. The molecule has 0 radical (unpaired) electrons. The molecule has 2 fully saturated rings. The van der Waals surface area contributed by atoms with Crippen LogP contribution in [0.3, 0.4) is 0 Å². The molecule has 3 aromatic rings. The summed E-state index contributed by atoms with van der Waals surface area (Å²) in [5.41, 5.74) is 2.22. The Labute approximate surface area is 181 Å². The highest BCUT2D eigenvalue weighted by molar-refractivity contribution is 7.99. The van der Waals surface area contributed by atoms with Crippen molar-refractivity contribution in [1.29, 1.82) is 0 Å². The summed E-state index contributed by atoms with van der Waals surface area (Å²) in [6, 6.07) is 8.35. The van der Waals surface area contributed by atoms with Crippen molar-refractivity contribution < 1.29 is 9.47 Å². The van der Waals surface area contributed by atoms with Gasteiger partial charge < -0.3 is 14.5 Å². The van der Waals surface area contributed by atoms with Crippen molar-refractivity contribution in [3.8, 4) is 11.4 Å². The van der Waals surface area contributed by atoms with Crippen LogP contribution in [0.1, 0.15) is 19.8 Å². The minimum Gasteiger partial charge on any atom is -0.376 e. The Morgan fingerprint density at radius 1 is 1.20 bits per heavy atom. The summed E-state index contributed by atoms with van der Waals surface area (Å²) in [5.74, 6) is 1.91. The number of nitrogens with zero attached hydrogens (tertiary/aromatic N) is 4. The van der Waals surface area contributed by atoms with E-state index in [0.717, 1.165) is 80.0 Å². The third-order valence-electron chi connectivity index (χ3n) is 5.92. The number of H-pyrrole nitrogens is 1. The summed E-state index contributed by atoms with van der Waals surface area (Å²) in [6.07, 6.45) is 4.84. The van der Waals surface area contributed by atoms with Crippen molar-refractivity contribution in [1.82, 2.24) is 24.6 Å². The second-order valence-corrected chi connectivity index (χ2v) is 9.19. The van der Waals surface area contributed by atoms with E-state index in [-0.39, 0.29) is 6.10 Å². The number of thioether (sulfide) groups is 1. The van der Waals surface area contributed by atoms with Crippen LogP contribution in [-0.4, -0.2) is 75.5 Å². The lowest BCUT2D eigenvalue weighted by Gasteiger charge is -2.30. The van der Waals surface area contributed by atoms with Crippen molar-refractivity contribution in [2.75, 3.05) is 38.6 Å². The Bertz CT molecular complexity index is 981. The number of hydrogen-bond acceptors (Lipinski definition) is 6. The second-order valence-electron chi connectivity index (χ2n) is 8.13. The second kappa shape index (κ2) is 9.09. The molecule has 0 spiro atoms. The summed E-state index contributed by atoms with van der Waals surface area (Å²) < 4.78 is 13.9. The Morgan fingerprint density at radius 3 is 3.00 bits per heavy atom. The summed E-state index contributed by atoms with van der Waals surface area (Å²) in [6.45, 7) is 7.67. The van der Waals surface area contributed by atoms with Gasteiger partial charge in [0.25, 0.3) is 0 Å². The first kappa shape index (κ1) is 20.1. The molecule has 1 aromatic carbocycles. The van der Waals surface area contributed by atoms with Crippen LogP contribution in [0.2, 0.25) is 0 Å². The van der Waals surface area contributed by atoms with E-state index in [4.69, 9.17) is 9.47 Å². The number of fused-ring (bicyclic) bond motifs is 1. The number of morpholine rings is 1. The Kier molecular flexibility index (Phi) is 6.08. The van der Waals surface area contributed by atoms with Crippen LogP contribution in [0.5, 0.6) is 0 Å². The van der Waals surface area contributed by atoms with E-state index in [0.29, 0.717) is 6.10 Å². The molecule has 4 heterocycles. The minimum atomic E-state index is 0.240. The Morgan fingerprint density at radius 2 is 2.13 bits per heavy atom. The SMILES string of the molecule is C[C@@H]1CN(CCSc2nnc(-c3c[nH]c4ccccc34)n2C[C@H]2CCCO2)CCO1. The Hall–Kier alpha value is -1.87. The van der Waals surface area contributed by atoms with Crippen molar-refractivity contribution in [3.05, 3.63) is 30.5 Å². The summed E-state index contributed by atoms with van der Waals surface area (Å²) >= 11 is 1.79. The van der Waals surface area contributed by atoms with E-state index in [1.165, 1.54) is 5.39 Å². The van der Waals surface area contributed by atoms with E-state index in [2.05, 4.69) is 49.8 Å². The van der Waals surface area contributed by atoms with Gasteiger partial charge in [0, 0.05) is 54.7 Å². The average molecular weight is 428 g/mol. The molecule has 2 aliphatic heterocycles. The molecule has 0 amide bonds. The normalized spacial score (nSPS) is 22.8. The first-order valence-electron chi connectivity index (χ1n) is 10.9. The molecule has 8 heteroatoms. The molecule has 0 bridgehead atoms. The van der Waals surface area contributed by atoms with Gasteiger partial charge in [-0.3, -0.25) is 9.47 Å². The fraction of sp³-hybridized carbons (Fsp3) is 0.545. The number of nitrogens with one attached hydrogen (secondary N) is 1. The molecule has 1 N–H and O–H groups in total. The highest BCUT2D eigenvalue weighted by Crippen LogP contribution is 2.31. The molecule has 0 unspecified atom stereocenters. The lowest BCUT2D eigenvalue weighted by Crippen LogP contribution is -2.42. The first-order valence-corrected chi connectivity index (χ1v) is 11.8. The Balaban J connectivity index is 1.37. The monoisotopic (exact) mass is 427 g/mol. The third kappa shape index (κ3) is 4.27. The van der Waals surface area contributed by atoms with Gasteiger partial charge in [-0.25, -0.2) is 0 Å². The minimum absolute atomic E-state index is 0.240. The fourth-order valence-electron chi connectivity index (χ4n) is 4.37. The maximum absolute atomic E-state index is 5.94. The predicted octanol–water partition coefficient (Wildman–Crippen LogP) is 3.42. The van der Waals surface area contributed by atoms with E-state index >= 15 is 0 Å². The van der Waals surface area contributed by atoms with E-state index < -0.39 is 0 Å². The van der Waals surface area contributed by atoms with Crippen molar-refractivity contribution >= 4 is 22.7 Å². The zero-order chi connectivity index (χ0) is 20.3. The van der Waals surface area contributed by atoms with Crippen molar-refractivity contribution in [3.63, 3.8) is 0 Å². The lowest BCUT2D eigenvalue weighted by atomic mass is 10.1. The molecule has 2 aliphatic rings. The molecule has 0 saturated carbocycles. The maximum atomic E-state index is 5.94. The maximum Gasteiger partial charge on any atom is 0.191 e.